The summed E-state index contributed by atoms with van der Waals surface area (Å²) in [7, 11) is 0. The van der Waals surface area contributed by atoms with Gasteiger partial charge in [0.05, 0.1) is 41.8 Å². The number of pyridine rings is 1. The van der Waals surface area contributed by atoms with Crippen molar-refractivity contribution in [3.63, 3.8) is 0 Å². The Labute approximate surface area is 112 Å². The van der Waals surface area contributed by atoms with E-state index in [-0.39, 0.29) is 13.2 Å². The average Bonchev–Trinajstić information content (AvgIpc) is 2.47. The first-order valence-electron chi connectivity index (χ1n) is 6.29. The van der Waals surface area contributed by atoms with Crippen molar-refractivity contribution in [2.75, 3.05) is 24.3 Å². The molecule has 0 aliphatic rings. The SMILES string of the molecule is CCC(CO)(CO)Nc1c(N)cnc2ccccc12. The number of anilines is 2. The number of aliphatic hydroxyl groups excluding tert-OH is 2. The zero-order valence-electron chi connectivity index (χ0n) is 10.9. The molecule has 102 valence electrons. The van der Waals surface area contributed by atoms with E-state index in [2.05, 4.69) is 10.3 Å². The van der Waals surface area contributed by atoms with Gasteiger partial charge in [-0.05, 0) is 12.5 Å². The lowest BCUT2D eigenvalue weighted by molar-refractivity contribution is 0.133. The largest absolute Gasteiger partial charge is 0.396 e. The maximum absolute atomic E-state index is 9.52. The van der Waals surface area contributed by atoms with Crippen molar-refractivity contribution in [1.29, 1.82) is 0 Å². The summed E-state index contributed by atoms with van der Waals surface area (Å²) in [5.41, 5.74) is 7.21. The summed E-state index contributed by atoms with van der Waals surface area (Å²) >= 11 is 0. The van der Waals surface area contributed by atoms with Gasteiger partial charge in [0.25, 0.3) is 0 Å². The number of hydrogen-bond donors (Lipinski definition) is 4. The summed E-state index contributed by atoms with van der Waals surface area (Å²) in [5, 5.41) is 23.1. The van der Waals surface area contributed by atoms with Crippen LogP contribution in [0.5, 0.6) is 0 Å². The van der Waals surface area contributed by atoms with Crippen LogP contribution in [0.15, 0.2) is 30.5 Å². The van der Waals surface area contributed by atoms with Gasteiger partial charge in [0, 0.05) is 5.39 Å². The van der Waals surface area contributed by atoms with E-state index in [9.17, 15) is 10.2 Å². The minimum absolute atomic E-state index is 0.171. The molecule has 2 aromatic rings. The topological polar surface area (TPSA) is 91.4 Å². The second-order valence-electron chi connectivity index (χ2n) is 4.68. The maximum atomic E-state index is 9.52. The monoisotopic (exact) mass is 261 g/mol. The first-order valence-corrected chi connectivity index (χ1v) is 6.29. The minimum atomic E-state index is -0.780. The van der Waals surface area contributed by atoms with Crippen LogP contribution in [0.4, 0.5) is 11.4 Å². The molecule has 0 amide bonds. The Bertz CT molecular complexity index is 559. The Morgan fingerprint density at radius 1 is 1.26 bits per heavy atom. The summed E-state index contributed by atoms with van der Waals surface area (Å²) < 4.78 is 0. The van der Waals surface area contributed by atoms with Gasteiger partial charge in [-0.2, -0.15) is 0 Å². The molecule has 0 atom stereocenters. The number of para-hydroxylation sites is 1. The Morgan fingerprint density at radius 2 is 1.95 bits per heavy atom. The van der Waals surface area contributed by atoms with Crippen molar-refractivity contribution in [2.45, 2.75) is 18.9 Å². The summed E-state index contributed by atoms with van der Waals surface area (Å²) in [4.78, 5) is 4.26. The molecular weight excluding hydrogens is 242 g/mol. The summed E-state index contributed by atoms with van der Waals surface area (Å²) in [6.45, 7) is 1.56. The molecule has 0 saturated carbocycles. The van der Waals surface area contributed by atoms with E-state index < -0.39 is 5.54 Å². The molecule has 0 fully saturated rings. The normalized spacial score (nSPS) is 11.7. The van der Waals surface area contributed by atoms with E-state index in [0.29, 0.717) is 17.8 Å². The van der Waals surface area contributed by atoms with Gasteiger partial charge in [0.15, 0.2) is 0 Å². The van der Waals surface area contributed by atoms with E-state index >= 15 is 0 Å². The van der Waals surface area contributed by atoms with Gasteiger partial charge in [0.2, 0.25) is 0 Å². The number of nitrogen functional groups attached to an aromatic ring is 1. The molecule has 0 unspecified atom stereocenters. The maximum Gasteiger partial charge on any atom is 0.0832 e. The second kappa shape index (κ2) is 5.42. The van der Waals surface area contributed by atoms with Crippen LogP contribution in [0, 0.1) is 0 Å². The molecule has 1 aromatic heterocycles. The van der Waals surface area contributed by atoms with E-state index in [1.54, 1.807) is 6.20 Å². The third kappa shape index (κ3) is 2.47. The first kappa shape index (κ1) is 13.6. The Kier molecular flexibility index (Phi) is 3.87. The van der Waals surface area contributed by atoms with Gasteiger partial charge in [-0.3, -0.25) is 4.98 Å². The van der Waals surface area contributed by atoms with Crippen LogP contribution in [0.25, 0.3) is 10.9 Å². The fourth-order valence-electron chi connectivity index (χ4n) is 2.00. The molecule has 0 saturated heterocycles. The number of rotatable bonds is 5. The van der Waals surface area contributed by atoms with Crippen molar-refractivity contribution in [1.82, 2.24) is 4.98 Å². The third-order valence-corrected chi connectivity index (χ3v) is 3.48. The lowest BCUT2D eigenvalue weighted by Crippen LogP contribution is -2.45. The van der Waals surface area contributed by atoms with Gasteiger partial charge in [-0.1, -0.05) is 25.1 Å². The van der Waals surface area contributed by atoms with Gasteiger partial charge < -0.3 is 21.3 Å². The highest BCUT2D eigenvalue weighted by Gasteiger charge is 2.27. The molecule has 0 aliphatic heterocycles. The molecular formula is C14H19N3O2. The lowest BCUT2D eigenvalue weighted by Gasteiger charge is -2.32. The number of aromatic nitrogens is 1. The van der Waals surface area contributed by atoms with E-state index in [1.807, 2.05) is 31.2 Å². The quantitative estimate of drug-likeness (QED) is 0.652. The van der Waals surface area contributed by atoms with E-state index in [0.717, 1.165) is 10.9 Å². The number of benzene rings is 1. The molecule has 19 heavy (non-hydrogen) atoms. The molecule has 2 rings (SSSR count). The molecule has 5 heteroatoms. The van der Waals surface area contributed by atoms with Gasteiger partial charge in [0.1, 0.15) is 0 Å². The van der Waals surface area contributed by atoms with Crippen molar-refractivity contribution in [3.8, 4) is 0 Å². The molecule has 1 heterocycles. The van der Waals surface area contributed by atoms with E-state index in [1.165, 1.54) is 0 Å². The number of aliphatic hydroxyl groups is 2. The van der Waals surface area contributed by atoms with Crippen LogP contribution in [0.1, 0.15) is 13.3 Å². The molecule has 0 radical (unpaired) electrons. The fourth-order valence-corrected chi connectivity index (χ4v) is 2.00. The van der Waals surface area contributed by atoms with Crippen molar-refractivity contribution in [2.24, 2.45) is 0 Å². The highest BCUT2D eigenvalue weighted by molar-refractivity contribution is 5.97. The number of nitrogens with zero attached hydrogens (tertiary/aromatic N) is 1. The lowest BCUT2D eigenvalue weighted by atomic mass is 9.97. The van der Waals surface area contributed by atoms with Gasteiger partial charge >= 0.3 is 0 Å². The summed E-state index contributed by atoms with van der Waals surface area (Å²) in [5.74, 6) is 0. The van der Waals surface area contributed by atoms with Crippen molar-refractivity contribution in [3.05, 3.63) is 30.5 Å². The molecule has 0 aliphatic carbocycles. The van der Waals surface area contributed by atoms with Crippen LogP contribution >= 0.6 is 0 Å². The molecule has 0 bridgehead atoms. The fraction of sp³-hybridized carbons (Fsp3) is 0.357. The molecule has 5 N–H and O–H groups in total. The smallest absolute Gasteiger partial charge is 0.0832 e. The molecule has 0 spiro atoms. The van der Waals surface area contributed by atoms with Crippen LogP contribution in [-0.2, 0) is 0 Å². The van der Waals surface area contributed by atoms with Gasteiger partial charge in [-0.15, -0.1) is 0 Å². The zero-order valence-corrected chi connectivity index (χ0v) is 10.9. The van der Waals surface area contributed by atoms with Crippen LogP contribution in [0.3, 0.4) is 0 Å². The van der Waals surface area contributed by atoms with E-state index in [4.69, 9.17) is 5.73 Å². The first-order chi connectivity index (χ1) is 9.15. The summed E-state index contributed by atoms with van der Waals surface area (Å²) in [6, 6.07) is 7.61. The van der Waals surface area contributed by atoms with Crippen molar-refractivity contribution >= 4 is 22.3 Å². The Hall–Kier alpha value is -1.85. The van der Waals surface area contributed by atoms with Crippen LogP contribution in [0.2, 0.25) is 0 Å². The Morgan fingerprint density at radius 3 is 2.58 bits per heavy atom. The predicted octanol–water partition coefficient (Wildman–Crippen LogP) is 1.36. The molecule has 5 nitrogen and oxygen atoms in total. The average molecular weight is 261 g/mol. The second-order valence-corrected chi connectivity index (χ2v) is 4.68. The highest BCUT2D eigenvalue weighted by atomic mass is 16.3. The van der Waals surface area contributed by atoms with Gasteiger partial charge in [-0.25, -0.2) is 0 Å². The number of hydrogen-bond acceptors (Lipinski definition) is 5. The number of nitrogens with one attached hydrogen (secondary N) is 1. The van der Waals surface area contributed by atoms with Crippen molar-refractivity contribution < 1.29 is 10.2 Å². The zero-order chi connectivity index (χ0) is 13.9. The highest BCUT2D eigenvalue weighted by Crippen LogP contribution is 2.30. The summed E-state index contributed by atoms with van der Waals surface area (Å²) in [6.07, 6.45) is 2.16. The van der Waals surface area contributed by atoms with Crippen LogP contribution in [-0.4, -0.2) is 33.9 Å². The Balaban J connectivity index is 2.52. The molecule has 1 aromatic carbocycles. The predicted molar refractivity (Wildman–Crippen MR) is 77.0 cm³/mol. The van der Waals surface area contributed by atoms with Crippen LogP contribution < -0.4 is 11.1 Å². The number of nitrogens with two attached hydrogens (primary N) is 1. The standard InChI is InChI=1S/C14H19N3O2/c1-2-14(8-18,9-19)17-13-10-5-3-4-6-12(10)16-7-11(13)15/h3-7,18-19H,2,8-9,15H2,1H3,(H,16,17). The number of fused-ring (bicyclic) bond motifs is 1. The third-order valence-electron chi connectivity index (χ3n) is 3.48. The minimum Gasteiger partial charge on any atom is -0.396 e.